The lowest BCUT2D eigenvalue weighted by Crippen LogP contribution is -2.01. The Balaban J connectivity index is 3.05. The summed E-state index contributed by atoms with van der Waals surface area (Å²) in [5, 5.41) is 6.11. The van der Waals surface area contributed by atoms with E-state index in [1.165, 1.54) is 13.3 Å². The molecule has 4 heteroatoms. The number of aromatic amines is 1. The first kappa shape index (κ1) is 7.35. The third-order valence-corrected chi connectivity index (χ3v) is 1.18. The number of nitrogens with one attached hydrogen (secondary N) is 1. The maximum Gasteiger partial charge on any atom is 0.342 e. The minimum atomic E-state index is -0.480. The van der Waals surface area contributed by atoms with Crippen molar-refractivity contribution in [2.45, 2.75) is 0 Å². The number of carbonyl (C=O) groups excluding carboxylic acids is 1. The number of hydrogen-bond donors (Lipinski definition) is 1. The van der Waals surface area contributed by atoms with E-state index in [9.17, 15) is 4.79 Å². The van der Waals surface area contributed by atoms with Gasteiger partial charge in [-0.2, -0.15) is 5.10 Å². The van der Waals surface area contributed by atoms with Crippen molar-refractivity contribution in [2.24, 2.45) is 0 Å². The Morgan fingerprint density at radius 2 is 2.64 bits per heavy atom. The van der Waals surface area contributed by atoms with E-state index in [1.807, 2.05) is 0 Å². The van der Waals surface area contributed by atoms with Crippen LogP contribution in [-0.4, -0.2) is 23.3 Å². The normalized spacial score (nSPS) is 8.73. The molecule has 0 aliphatic heterocycles. The van der Waals surface area contributed by atoms with Crippen LogP contribution in [0.3, 0.4) is 0 Å². The lowest BCUT2D eigenvalue weighted by molar-refractivity contribution is 0.0600. The number of terminal acetylenes is 1. The molecular weight excluding hydrogens is 144 g/mol. The first-order valence-electron chi connectivity index (χ1n) is 2.88. The summed E-state index contributed by atoms with van der Waals surface area (Å²) >= 11 is 0. The van der Waals surface area contributed by atoms with Gasteiger partial charge in [-0.05, 0) is 5.92 Å². The zero-order valence-electron chi connectivity index (χ0n) is 5.92. The fourth-order valence-corrected chi connectivity index (χ4v) is 0.666. The van der Waals surface area contributed by atoms with Crippen LogP contribution in [0.15, 0.2) is 6.20 Å². The van der Waals surface area contributed by atoms with Crippen LogP contribution in [0.1, 0.15) is 16.1 Å². The minimum absolute atomic E-state index is 0.275. The number of methoxy groups -OCH3 is 1. The Bertz CT molecular complexity index is 308. The fraction of sp³-hybridized carbons (Fsp3) is 0.143. The Morgan fingerprint density at radius 3 is 3.18 bits per heavy atom. The summed E-state index contributed by atoms with van der Waals surface area (Å²) in [7, 11) is 1.29. The average molecular weight is 150 g/mol. The maximum atomic E-state index is 10.9. The molecule has 0 amide bonds. The van der Waals surface area contributed by atoms with Crippen LogP contribution < -0.4 is 0 Å². The molecule has 56 valence electrons. The Kier molecular flexibility index (Phi) is 1.93. The van der Waals surface area contributed by atoms with Gasteiger partial charge in [0.05, 0.1) is 7.11 Å². The summed E-state index contributed by atoms with van der Waals surface area (Å²) in [6.07, 6.45) is 6.45. The standard InChI is InChI=1S/C7H6N2O2/c1-3-6-5(4-8-9-6)7(10)11-2/h1,4H,2H3,(H,8,9). The first-order valence-corrected chi connectivity index (χ1v) is 2.88. The molecule has 0 radical (unpaired) electrons. The highest BCUT2D eigenvalue weighted by Gasteiger charge is 2.11. The van der Waals surface area contributed by atoms with Gasteiger partial charge >= 0.3 is 5.97 Å². The van der Waals surface area contributed by atoms with E-state index in [2.05, 4.69) is 20.9 Å². The second-order valence-electron chi connectivity index (χ2n) is 1.78. The molecule has 1 aromatic heterocycles. The van der Waals surface area contributed by atoms with Gasteiger partial charge in [-0.15, -0.1) is 6.42 Å². The number of carbonyl (C=O) groups is 1. The molecule has 0 fully saturated rings. The summed E-state index contributed by atoms with van der Waals surface area (Å²) < 4.78 is 4.44. The van der Waals surface area contributed by atoms with Gasteiger partial charge in [-0.25, -0.2) is 4.79 Å². The number of esters is 1. The van der Waals surface area contributed by atoms with E-state index in [-0.39, 0.29) is 11.3 Å². The molecule has 1 N–H and O–H groups in total. The van der Waals surface area contributed by atoms with Gasteiger partial charge in [0.25, 0.3) is 0 Å². The van der Waals surface area contributed by atoms with Crippen LogP contribution in [0, 0.1) is 12.3 Å². The summed E-state index contributed by atoms with van der Waals surface area (Å²) in [5.41, 5.74) is 0.562. The van der Waals surface area contributed by atoms with Crippen molar-refractivity contribution >= 4 is 5.97 Å². The van der Waals surface area contributed by atoms with Crippen molar-refractivity contribution in [1.29, 1.82) is 0 Å². The van der Waals surface area contributed by atoms with Gasteiger partial charge < -0.3 is 4.74 Å². The van der Waals surface area contributed by atoms with Gasteiger partial charge in [0.15, 0.2) is 0 Å². The summed E-state index contributed by atoms with van der Waals surface area (Å²) in [5.74, 6) is 1.77. The quantitative estimate of drug-likeness (QED) is 0.459. The molecule has 0 bridgehead atoms. The van der Waals surface area contributed by atoms with Crippen molar-refractivity contribution in [3.8, 4) is 12.3 Å². The molecule has 0 atom stereocenters. The zero-order chi connectivity index (χ0) is 8.27. The molecule has 4 nitrogen and oxygen atoms in total. The zero-order valence-corrected chi connectivity index (χ0v) is 5.92. The molecule has 0 spiro atoms. The predicted molar refractivity (Wildman–Crippen MR) is 37.9 cm³/mol. The smallest absolute Gasteiger partial charge is 0.342 e. The lowest BCUT2D eigenvalue weighted by atomic mass is 10.2. The van der Waals surface area contributed by atoms with Crippen LogP contribution >= 0.6 is 0 Å². The van der Waals surface area contributed by atoms with Crippen LogP contribution in [-0.2, 0) is 4.74 Å². The Hall–Kier alpha value is -1.76. The number of nitrogens with zero attached hydrogens (tertiary/aromatic N) is 1. The number of hydrogen-bond acceptors (Lipinski definition) is 3. The van der Waals surface area contributed by atoms with Crippen molar-refractivity contribution in [1.82, 2.24) is 10.2 Å². The van der Waals surface area contributed by atoms with Crippen LogP contribution in [0.2, 0.25) is 0 Å². The Labute approximate surface area is 63.6 Å². The molecule has 0 aliphatic carbocycles. The van der Waals surface area contributed by atoms with E-state index in [1.54, 1.807) is 0 Å². The molecular formula is C7H6N2O2. The summed E-state index contributed by atoms with van der Waals surface area (Å²) in [6.45, 7) is 0. The molecule has 1 aromatic rings. The van der Waals surface area contributed by atoms with Crippen molar-refractivity contribution in [2.75, 3.05) is 7.11 Å². The Morgan fingerprint density at radius 1 is 1.91 bits per heavy atom. The number of H-pyrrole nitrogens is 1. The van der Waals surface area contributed by atoms with E-state index in [0.29, 0.717) is 0 Å². The monoisotopic (exact) mass is 150 g/mol. The molecule has 0 saturated heterocycles. The van der Waals surface area contributed by atoms with Crippen molar-refractivity contribution in [3.63, 3.8) is 0 Å². The highest BCUT2D eigenvalue weighted by atomic mass is 16.5. The summed E-state index contributed by atoms with van der Waals surface area (Å²) in [6, 6.07) is 0. The molecule has 0 aromatic carbocycles. The molecule has 0 aliphatic rings. The lowest BCUT2D eigenvalue weighted by Gasteiger charge is -1.92. The van der Waals surface area contributed by atoms with Gasteiger partial charge in [0.1, 0.15) is 11.3 Å². The number of aromatic nitrogens is 2. The van der Waals surface area contributed by atoms with Crippen LogP contribution in [0.5, 0.6) is 0 Å². The average Bonchev–Trinajstić information content (AvgIpc) is 2.50. The minimum Gasteiger partial charge on any atom is -0.465 e. The van der Waals surface area contributed by atoms with Crippen LogP contribution in [0.4, 0.5) is 0 Å². The number of ether oxygens (including phenoxy) is 1. The highest BCUT2D eigenvalue weighted by molar-refractivity contribution is 5.91. The third-order valence-electron chi connectivity index (χ3n) is 1.18. The van der Waals surface area contributed by atoms with Gasteiger partial charge in [0, 0.05) is 6.20 Å². The number of rotatable bonds is 1. The van der Waals surface area contributed by atoms with Gasteiger partial charge in [-0.3, -0.25) is 5.10 Å². The van der Waals surface area contributed by atoms with Crippen molar-refractivity contribution in [3.05, 3.63) is 17.5 Å². The van der Waals surface area contributed by atoms with E-state index < -0.39 is 5.97 Å². The van der Waals surface area contributed by atoms with E-state index >= 15 is 0 Å². The first-order chi connectivity index (χ1) is 5.29. The van der Waals surface area contributed by atoms with E-state index in [4.69, 9.17) is 6.42 Å². The fourth-order valence-electron chi connectivity index (χ4n) is 0.666. The van der Waals surface area contributed by atoms with Crippen molar-refractivity contribution < 1.29 is 9.53 Å². The SMILES string of the molecule is C#Cc1n[nH]cc1C(=O)OC. The molecule has 0 unspecified atom stereocenters. The maximum absolute atomic E-state index is 10.9. The predicted octanol–water partition coefficient (Wildman–Crippen LogP) is 0.178. The third kappa shape index (κ3) is 1.22. The van der Waals surface area contributed by atoms with Gasteiger partial charge in [-0.1, -0.05) is 0 Å². The second kappa shape index (κ2) is 2.88. The van der Waals surface area contributed by atoms with Crippen LogP contribution in [0.25, 0.3) is 0 Å². The molecule has 1 rings (SSSR count). The molecule has 0 saturated carbocycles. The highest BCUT2D eigenvalue weighted by Crippen LogP contribution is 2.03. The second-order valence-corrected chi connectivity index (χ2v) is 1.78. The largest absolute Gasteiger partial charge is 0.465 e. The molecule has 1 heterocycles. The van der Waals surface area contributed by atoms with E-state index in [0.717, 1.165) is 0 Å². The topological polar surface area (TPSA) is 55.0 Å². The summed E-state index contributed by atoms with van der Waals surface area (Å²) in [4.78, 5) is 10.9. The van der Waals surface area contributed by atoms with Gasteiger partial charge in [0.2, 0.25) is 0 Å². The molecule has 11 heavy (non-hydrogen) atoms.